The largest absolute Gasteiger partial charge is 0.368 e. The van der Waals surface area contributed by atoms with E-state index in [-0.39, 0.29) is 0 Å². The van der Waals surface area contributed by atoms with Crippen molar-refractivity contribution >= 4 is 23.5 Å². The van der Waals surface area contributed by atoms with Crippen molar-refractivity contribution in [2.75, 3.05) is 17.3 Å². The van der Waals surface area contributed by atoms with E-state index in [1.54, 1.807) is 11.8 Å². The first kappa shape index (κ1) is 12.7. The van der Waals surface area contributed by atoms with E-state index in [1.165, 1.54) is 10.5 Å². The van der Waals surface area contributed by atoms with Gasteiger partial charge in [-0.2, -0.15) is 4.98 Å². The molecule has 0 fully saturated rings. The molecule has 2 aromatic rings. The van der Waals surface area contributed by atoms with Gasteiger partial charge in [-0.15, -0.1) is 11.8 Å². The highest BCUT2D eigenvalue weighted by Crippen LogP contribution is 2.15. The molecule has 0 spiro atoms. The molecule has 0 aliphatic rings. The van der Waals surface area contributed by atoms with Crippen molar-refractivity contribution in [2.45, 2.75) is 18.4 Å². The first-order chi connectivity index (χ1) is 8.67. The molecule has 0 aliphatic heterocycles. The van der Waals surface area contributed by atoms with Crippen molar-refractivity contribution in [3.8, 4) is 0 Å². The van der Waals surface area contributed by atoms with Crippen LogP contribution >= 0.6 is 11.8 Å². The van der Waals surface area contributed by atoms with Crippen LogP contribution in [-0.2, 0) is 6.54 Å². The molecule has 4 nitrogen and oxygen atoms in total. The van der Waals surface area contributed by atoms with Crippen molar-refractivity contribution < 1.29 is 0 Å². The van der Waals surface area contributed by atoms with Crippen molar-refractivity contribution in [3.63, 3.8) is 0 Å². The molecule has 1 aromatic carbocycles. The van der Waals surface area contributed by atoms with E-state index in [1.807, 2.05) is 13.0 Å². The van der Waals surface area contributed by atoms with Crippen LogP contribution < -0.4 is 11.1 Å². The van der Waals surface area contributed by atoms with Gasteiger partial charge in [-0.25, -0.2) is 4.98 Å². The Balaban J connectivity index is 2.01. The lowest BCUT2D eigenvalue weighted by Crippen LogP contribution is -2.05. The number of nitrogens with two attached hydrogens (primary N) is 1. The van der Waals surface area contributed by atoms with Gasteiger partial charge in [0.2, 0.25) is 5.95 Å². The highest BCUT2D eigenvalue weighted by atomic mass is 32.2. The Kier molecular flexibility index (Phi) is 4.04. The Bertz CT molecular complexity index is 505. The first-order valence-corrected chi connectivity index (χ1v) is 6.88. The SMILES string of the molecule is CSc1ccc(CNc2cc(C)nc(N)n2)cc1. The Hall–Kier alpha value is -1.75. The molecule has 3 N–H and O–H groups in total. The quantitative estimate of drug-likeness (QED) is 0.828. The molecule has 0 unspecified atom stereocenters. The van der Waals surface area contributed by atoms with Gasteiger partial charge in [0.25, 0.3) is 0 Å². The number of anilines is 2. The Labute approximate surface area is 111 Å². The number of hydrogen-bond donors (Lipinski definition) is 2. The van der Waals surface area contributed by atoms with Gasteiger partial charge in [-0.1, -0.05) is 12.1 Å². The van der Waals surface area contributed by atoms with E-state index >= 15 is 0 Å². The number of benzene rings is 1. The van der Waals surface area contributed by atoms with Gasteiger partial charge in [-0.05, 0) is 30.9 Å². The minimum absolute atomic E-state index is 0.301. The topological polar surface area (TPSA) is 63.8 Å². The lowest BCUT2D eigenvalue weighted by Gasteiger charge is -2.07. The molecule has 0 saturated carbocycles. The predicted molar refractivity (Wildman–Crippen MR) is 76.7 cm³/mol. The first-order valence-electron chi connectivity index (χ1n) is 5.65. The van der Waals surface area contributed by atoms with Gasteiger partial charge in [0.15, 0.2) is 0 Å². The van der Waals surface area contributed by atoms with Crippen LogP contribution in [-0.4, -0.2) is 16.2 Å². The van der Waals surface area contributed by atoms with Crippen LogP contribution in [0.1, 0.15) is 11.3 Å². The second kappa shape index (κ2) is 5.73. The standard InChI is InChI=1S/C13H16N4S/c1-9-7-12(17-13(14)16-9)15-8-10-3-5-11(18-2)6-4-10/h3-7H,8H2,1-2H3,(H3,14,15,16,17). The lowest BCUT2D eigenvalue weighted by molar-refractivity contribution is 1.06. The molecule has 0 aliphatic carbocycles. The summed E-state index contributed by atoms with van der Waals surface area (Å²) in [5.41, 5.74) is 7.68. The van der Waals surface area contributed by atoms with Gasteiger partial charge in [-0.3, -0.25) is 0 Å². The maximum Gasteiger partial charge on any atom is 0.222 e. The number of aryl methyl sites for hydroxylation is 1. The fraction of sp³-hybridized carbons (Fsp3) is 0.231. The minimum Gasteiger partial charge on any atom is -0.368 e. The Morgan fingerprint density at radius 1 is 1.22 bits per heavy atom. The molecule has 0 radical (unpaired) electrons. The van der Waals surface area contributed by atoms with Crippen LogP contribution in [0, 0.1) is 6.92 Å². The van der Waals surface area contributed by atoms with Crippen LogP contribution in [0.25, 0.3) is 0 Å². The number of hydrogen-bond acceptors (Lipinski definition) is 5. The van der Waals surface area contributed by atoms with Crippen molar-refractivity contribution in [2.24, 2.45) is 0 Å². The van der Waals surface area contributed by atoms with Crippen LogP contribution in [0.3, 0.4) is 0 Å². The number of thioether (sulfide) groups is 1. The molecule has 0 atom stereocenters. The third-order valence-electron chi connectivity index (χ3n) is 2.50. The minimum atomic E-state index is 0.301. The van der Waals surface area contributed by atoms with E-state index in [9.17, 15) is 0 Å². The summed E-state index contributed by atoms with van der Waals surface area (Å²) in [6.45, 7) is 2.63. The van der Waals surface area contributed by atoms with E-state index in [2.05, 4.69) is 45.8 Å². The van der Waals surface area contributed by atoms with E-state index in [4.69, 9.17) is 5.73 Å². The average molecular weight is 260 g/mol. The Morgan fingerprint density at radius 2 is 1.94 bits per heavy atom. The zero-order valence-electron chi connectivity index (χ0n) is 10.5. The van der Waals surface area contributed by atoms with Crippen LogP contribution in [0.15, 0.2) is 35.2 Å². The number of aromatic nitrogens is 2. The lowest BCUT2D eigenvalue weighted by atomic mass is 10.2. The zero-order chi connectivity index (χ0) is 13.0. The molecule has 94 valence electrons. The molecule has 0 amide bonds. The average Bonchev–Trinajstić information content (AvgIpc) is 2.36. The second-order valence-corrected chi connectivity index (χ2v) is 4.83. The molecule has 1 heterocycles. The van der Waals surface area contributed by atoms with E-state index in [0.29, 0.717) is 5.95 Å². The van der Waals surface area contributed by atoms with Crippen molar-refractivity contribution in [1.82, 2.24) is 9.97 Å². The second-order valence-electron chi connectivity index (χ2n) is 3.95. The smallest absolute Gasteiger partial charge is 0.222 e. The summed E-state index contributed by atoms with van der Waals surface area (Å²) < 4.78 is 0. The molecule has 0 bridgehead atoms. The summed E-state index contributed by atoms with van der Waals surface area (Å²) in [5.74, 6) is 1.06. The summed E-state index contributed by atoms with van der Waals surface area (Å²) in [4.78, 5) is 9.43. The fourth-order valence-electron chi connectivity index (χ4n) is 1.62. The fourth-order valence-corrected chi connectivity index (χ4v) is 2.03. The monoisotopic (exact) mass is 260 g/mol. The van der Waals surface area contributed by atoms with Crippen LogP contribution in [0.4, 0.5) is 11.8 Å². The maximum absolute atomic E-state index is 5.60. The molecular formula is C13H16N4S. The van der Waals surface area contributed by atoms with Gasteiger partial charge in [0.1, 0.15) is 5.82 Å². The predicted octanol–water partition coefficient (Wildman–Crippen LogP) is 2.70. The zero-order valence-corrected chi connectivity index (χ0v) is 11.3. The summed E-state index contributed by atoms with van der Waals surface area (Å²) in [7, 11) is 0. The van der Waals surface area contributed by atoms with E-state index in [0.717, 1.165) is 18.1 Å². The number of nitrogen functional groups attached to an aromatic ring is 1. The molecule has 5 heteroatoms. The van der Waals surface area contributed by atoms with Crippen LogP contribution in [0.5, 0.6) is 0 Å². The third kappa shape index (κ3) is 3.37. The highest BCUT2D eigenvalue weighted by Gasteiger charge is 1.99. The summed E-state index contributed by atoms with van der Waals surface area (Å²) >= 11 is 1.74. The van der Waals surface area contributed by atoms with Gasteiger partial charge >= 0.3 is 0 Å². The van der Waals surface area contributed by atoms with Gasteiger partial charge in [0, 0.05) is 23.2 Å². The van der Waals surface area contributed by atoms with E-state index < -0.39 is 0 Å². The summed E-state index contributed by atoms with van der Waals surface area (Å²) in [5, 5.41) is 3.24. The van der Waals surface area contributed by atoms with Crippen LogP contribution in [0.2, 0.25) is 0 Å². The Morgan fingerprint density at radius 3 is 2.56 bits per heavy atom. The molecule has 18 heavy (non-hydrogen) atoms. The molecular weight excluding hydrogens is 244 g/mol. The molecule has 2 rings (SSSR count). The number of nitrogens with one attached hydrogen (secondary N) is 1. The van der Waals surface area contributed by atoms with Crippen molar-refractivity contribution in [3.05, 3.63) is 41.6 Å². The summed E-state index contributed by atoms with van der Waals surface area (Å²) in [6.07, 6.45) is 2.07. The van der Waals surface area contributed by atoms with Crippen molar-refractivity contribution in [1.29, 1.82) is 0 Å². The normalized spacial score (nSPS) is 10.3. The molecule has 0 saturated heterocycles. The van der Waals surface area contributed by atoms with Gasteiger partial charge in [0.05, 0.1) is 0 Å². The number of rotatable bonds is 4. The summed E-state index contributed by atoms with van der Waals surface area (Å²) in [6, 6.07) is 10.3. The third-order valence-corrected chi connectivity index (χ3v) is 3.25. The molecule has 1 aromatic heterocycles. The number of nitrogens with zero attached hydrogens (tertiary/aromatic N) is 2. The maximum atomic E-state index is 5.60. The highest BCUT2D eigenvalue weighted by molar-refractivity contribution is 7.98. The van der Waals surface area contributed by atoms with Gasteiger partial charge < -0.3 is 11.1 Å².